The number of carbonyl (C=O) groups is 2. The molecule has 0 spiro atoms. The van der Waals surface area contributed by atoms with Crippen molar-refractivity contribution in [2.24, 2.45) is 0 Å². The van der Waals surface area contributed by atoms with Gasteiger partial charge in [-0.15, -0.1) is 0 Å². The first-order valence-corrected chi connectivity index (χ1v) is 8.80. The maximum absolute atomic E-state index is 13.0. The van der Waals surface area contributed by atoms with Gasteiger partial charge in [0.05, 0.1) is 5.69 Å². The van der Waals surface area contributed by atoms with E-state index >= 15 is 0 Å². The molecule has 4 rings (SSSR count). The molecule has 29 heavy (non-hydrogen) atoms. The van der Waals surface area contributed by atoms with E-state index in [4.69, 9.17) is 5.73 Å². The number of hydrogen-bond donors (Lipinski definition) is 2. The van der Waals surface area contributed by atoms with Crippen molar-refractivity contribution < 1.29 is 14.3 Å². The van der Waals surface area contributed by atoms with Crippen LogP contribution in [0.25, 0.3) is 5.69 Å². The smallest absolute Gasteiger partial charge is 0.326 e. The zero-order valence-corrected chi connectivity index (χ0v) is 15.8. The molecule has 146 valence electrons. The maximum atomic E-state index is 13.0. The van der Waals surface area contributed by atoms with Gasteiger partial charge in [-0.1, -0.05) is 18.2 Å². The molecule has 3 N–H and O–H groups in total. The maximum Gasteiger partial charge on any atom is 0.326 e. The molecule has 0 bridgehead atoms. The van der Waals surface area contributed by atoms with Gasteiger partial charge in [0, 0.05) is 31.9 Å². The topological polar surface area (TPSA) is 119 Å². The quantitative estimate of drug-likeness (QED) is 0.302. The van der Waals surface area contributed by atoms with Gasteiger partial charge in [0.15, 0.2) is 5.69 Å². The van der Waals surface area contributed by atoms with Crippen LogP contribution in [0, 0.1) is 5.21 Å². The summed E-state index contributed by atoms with van der Waals surface area (Å²) < 4.78 is 1.80. The molecule has 2 aromatic carbocycles. The number of para-hydroxylation sites is 1. The highest BCUT2D eigenvalue weighted by molar-refractivity contribution is 6.49. The van der Waals surface area contributed by atoms with Gasteiger partial charge in [-0.25, -0.2) is 4.68 Å². The Bertz CT molecular complexity index is 1150. The number of fused-ring (bicyclic) bond motifs is 1. The van der Waals surface area contributed by atoms with E-state index in [1.807, 2.05) is 25.1 Å². The first-order chi connectivity index (χ1) is 13.9. The molecule has 0 radical (unpaired) electrons. The number of benzene rings is 2. The van der Waals surface area contributed by atoms with Gasteiger partial charge in [0.2, 0.25) is 5.69 Å². The number of rotatable bonds is 3. The van der Waals surface area contributed by atoms with E-state index in [1.54, 1.807) is 48.5 Å². The van der Waals surface area contributed by atoms with Gasteiger partial charge in [0.1, 0.15) is 11.4 Å². The van der Waals surface area contributed by atoms with E-state index in [9.17, 15) is 14.8 Å². The van der Waals surface area contributed by atoms with Gasteiger partial charge in [-0.05, 0) is 24.3 Å². The lowest BCUT2D eigenvalue weighted by molar-refractivity contribution is -0.359. The minimum Gasteiger partial charge on any atom is -0.618 e. The summed E-state index contributed by atoms with van der Waals surface area (Å²) in [5.41, 5.74) is 7.52. The summed E-state index contributed by atoms with van der Waals surface area (Å²) in [5, 5.41) is 19.5. The van der Waals surface area contributed by atoms with Crippen LogP contribution in [0.15, 0.2) is 54.6 Å². The molecule has 9 heteroatoms. The number of carbonyl (C=O) groups excluding carboxylic acids is 2. The lowest BCUT2D eigenvalue weighted by Gasteiger charge is -2.15. The normalized spacial score (nSPS) is 15.0. The monoisotopic (exact) mass is 390 g/mol. The fourth-order valence-electron chi connectivity index (χ4n) is 3.12. The Kier molecular flexibility index (Phi) is 4.27. The Morgan fingerprint density at radius 3 is 2.31 bits per heavy atom. The number of anilines is 2. The molecule has 3 aromatic rings. The van der Waals surface area contributed by atoms with Crippen LogP contribution in [0.4, 0.5) is 17.2 Å². The zero-order valence-electron chi connectivity index (χ0n) is 15.8. The van der Waals surface area contributed by atoms with Crippen LogP contribution < -0.4 is 16.0 Å². The van der Waals surface area contributed by atoms with Gasteiger partial charge < -0.3 is 15.8 Å². The van der Waals surface area contributed by atoms with E-state index in [-0.39, 0.29) is 28.5 Å². The molecular formula is C20H18N6O3. The third-order valence-electron chi connectivity index (χ3n) is 4.62. The van der Waals surface area contributed by atoms with Gasteiger partial charge in [-0.3, -0.25) is 14.9 Å². The van der Waals surface area contributed by atoms with E-state index in [1.165, 1.54) is 4.68 Å². The Hall–Kier alpha value is -4.14. The van der Waals surface area contributed by atoms with E-state index in [0.717, 1.165) is 5.69 Å². The Labute approximate surface area is 166 Å². The van der Waals surface area contributed by atoms with E-state index < -0.39 is 11.8 Å². The zero-order chi connectivity index (χ0) is 20.7. The Morgan fingerprint density at radius 2 is 1.69 bits per heavy atom. The Balaban J connectivity index is 1.90. The number of nitrogens with zero attached hydrogens (tertiary/aromatic N) is 4. The molecule has 9 nitrogen and oxygen atoms in total. The van der Waals surface area contributed by atoms with Crippen molar-refractivity contribution in [3.05, 3.63) is 71.1 Å². The second-order valence-corrected chi connectivity index (χ2v) is 6.69. The van der Waals surface area contributed by atoms with E-state index in [0.29, 0.717) is 10.4 Å². The van der Waals surface area contributed by atoms with Crippen molar-refractivity contribution in [3.8, 4) is 5.69 Å². The summed E-state index contributed by atoms with van der Waals surface area (Å²) in [6.07, 6.45) is 0. The molecule has 1 aromatic heterocycles. The number of nitrogen functional groups attached to an aromatic ring is 1. The van der Waals surface area contributed by atoms with Crippen LogP contribution in [-0.2, 0) is 4.79 Å². The molecule has 0 unspecified atom stereocenters. The lowest BCUT2D eigenvalue weighted by Crippen LogP contribution is -2.45. The third kappa shape index (κ3) is 2.98. The number of nitrogens with one attached hydrogen (secondary N) is 1. The third-order valence-corrected chi connectivity index (χ3v) is 4.62. The largest absolute Gasteiger partial charge is 0.618 e. The average Bonchev–Trinajstić information content (AvgIpc) is 3.06. The van der Waals surface area contributed by atoms with Crippen molar-refractivity contribution in [1.29, 1.82) is 0 Å². The highest BCUT2D eigenvalue weighted by atomic mass is 16.5. The van der Waals surface area contributed by atoms with Crippen molar-refractivity contribution in [3.63, 3.8) is 0 Å². The SMILES string of the molecule is CN(C)c1ccc(/[N+]([O-])=C2/C(=O)NC(=O)c3c2nn(-c2ccccc2)c3N)cc1. The van der Waals surface area contributed by atoms with Crippen LogP contribution >= 0.6 is 0 Å². The Morgan fingerprint density at radius 1 is 1.03 bits per heavy atom. The molecule has 0 aliphatic carbocycles. The second-order valence-electron chi connectivity index (χ2n) is 6.69. The molecule has 0 saturated heterocycles. The fraction of sp³-hybridized carbons (Fsp3) is 0.100. The lowest BCUT2D eigenvalue weighted by atomic mass is 10.1. The van der Waals surface area contributed by atoms with Gasteiger partial charge in [-0.2, -0.15) is 9.84 Å². The van der Waals surface area contributed by atoms with Crippen molar-refractivity contribution >= 4 is 34.7 Å². The predicted octanol–water partition coefficient (Wildman–Crippen LogP) is 1.42. The van der Waals surface area contributed by atoms with Gasteiger partial charge in [0.25, 0.3) is 5.91 Å². The molecule has 0 atom stereocenters. The number of hydrogen-bond acceptors (Lipinski definition) is 6. The summed E-state index contributed by atoms with van der Waals surface area (Å²) in [4.78, 5) is 26.8. The second kappa shape index (κ2) is 6.79. The van der Waals surface area contributed by atoms with Crippen LogP contribution in [0.2, 0.25) is 0 Å². The number of imide groups is 1. The van der Waals surface area contributed by atoms with Crippen molar-refractivity contribution in [2.75, 3.05) is 24.7 Å². The fourth-order valence-corrected chi connectivity index (χ4v) is 3.12. The molecule has 1 aliphatic heterocycles. The minimum absolute atomic E-state index is 0.00536. The van der Waals surface area contributed by atoms with Crippen LogP contribution in [0.1, 0.15) is 16.1 Å². The molecule has 2 amide bonds. The van der Waals surface area contributed by atoms with E-state index in [2.05, 4.69) is 10.4 Å². The minimum atomic E-state index is -0.827. The molecule has 1 aliphatic rings. The highest BCUT2D eigenvalue weighted by Crippen LogP contribution is 2.26. The van der Waals surface area contributed by atoms with Crippen LogP contribution in [-0.4, -0.2) is 46.1 Å². The molecule has 2 heterocycles. The van der Waals surface area contributed by atoms with Crippen LogP contribution in [0.5, 0.6) is 0 Å². The summed E-state index contributed by atoms with van der Waals surface area (Å²) >= 11 is 0. The van der Waals surface area contributed by atoms with Crippen molar-refractivity contribution in [2.45, 2.75) is 0 Å². The van der Waals surface area contributed by atoms with Crippen molar-refractivity contribution in [1.82, 2.24) is 15.1 Å². The molecular weight excluding hydrogens is 372 g/mol. The predicted molar refractivity (Wildman–Crippen MR) is 109 cm³/mol. The molecule has 0 saturated carbocycles. The van der Waals surface area contributed by atoms with Gasteiger partial charge >= 0.3 is 11.6 Å². The first-order valence-electron chi connectivity index (χ1n) is 8.80. The van der Waals surface area contributed by atoms with Crippen LogP contribution in [0.3, 0.4) is 0 Å². The summed E-state index contributed by atoms with van der Waals surface area (Å²) in [6, 6.07) is 15.6. The number of aromatic nitrogens is 2. The number of amides is 2. The first kappa shape index (κ1) is 18.2. The highest BCUT2D eigenvalue weighted by Gasteiger charge is 2.41. The molecule has 0 fully saturated rings. The summed E-state index contributed by atoms with van der Waals surface area (Å²) in [5.74, 6) is -1.47. The summed E-state index contributed by atoms with van der Waals surface area (Å²) in [6.45, 7) is 0. The summed E-state index contributed by atoms with van der Waals surface area (Å²) in [7, 11) is 3.76. The standard InChI is InChI=1S/C20H18N6O3/c1-24(2)12-8-10-14(11-9-12)26(29)17-16-15(19(27)22-20(17)28)18(21)25(23-16)13-6-4-3-5-7-13/h3-11H,21H2,1-2H3,(H,22,27,28)/b26-17-. The number of nitrogens with two attached hydrogens (primary N) is 1. The average molecular weight is 390 g/mol.